The number of hydrogen-bond acceptors (Lipinski definition) is 6. The zero-order chi connectivity index (χ0) is 23.8. The lowest BCUT2D eigenvalue weighted by molar-refractivity contribution is 0.0128. The average Bonchev–Trinajstić information content (AvgIpc) is 3.09. The van der Waals surface area contributed by atoms with Crippen LogP contribution in [-0.2, 0) is 4.74 Å². The highest BCUT2D eigenvalue weighted by Crippen LogP contribution is 2.28. The maximum absolute atomic E-state index is 12.9. The Morgan fingerprint density at radius 2 is 1.79 bits per heavy atom. The van der Waals surface area contributed by atoms with Crippen LogP contribution >= 0.6 is 0 Å². The summed E-state index contributed by atoms with van der Waals surface area (Å²) >= 11 is 0. The molecule has 1 N–H and O–H groups in total. The minimum Gasteiger partial charge on any atom is -0.478 e. The van der Waals surface area contributed by atoms with E-state index in [0.717, 1.165) is 0 Å². The minimum atomic E-state index is -1.01. The third-order valence-electron chi connectivity index (χ3n) is 5.36. The number of carbonyl (C=O) groups is 3. The van der Waals surface area contributed by atoms with Crippen molar-refractivity contribution in [2.24, 2.45) is 0 Å². The number of rotatable bonds is 4. The van der Waals surface area contributed by atoms with Gasteiger partial charge in [-0.15, -0.1) is 0 Å². The van der Waals surface area contributed by atoms with Gasteiger partial charge in [0.1, 0.15) is 11.4 Å². The second kappa shape index (κ2) is 8.61. The highest BCUT2D eigenvalue weighted by molar-refractivity contribution is 5.94. The Morgan fingerprint density at radius 3 is 2.39 bits per heavy atom. The van der Waals surface area contributed by atoms with Crippen molar-refractivity contribution in [2.75, 3.05) is 31.1 Å². The van der Waals surface area contributed by atoms with Gasteiger partial charge in [0.05, 0.1) is 23.5 Å². The fourth-order valence-electron chi connectivity index (χ4n) is 3.79. The van der Waals surface area contributed by atoms with Crippen LogP contribution in [0.25, 0.3) is 0 Å². The van der Waals surface area contributed by atoms with Gasteiger partial charge in [-0.3, -0.25) is 4.90 Å². The molecule has 2 aromatic rings. The van der Waals surface area contributed by atoms with Gasteiger partial charge < -0.3 is 24.4 Å². The Balaban J connectivity index is 1.39. The Bertz CT molecular complexity index is 1050. The lowest BCUT2D eigenvalue weighted by Gasteiger charge is -2.36. The number of amides is 3. The molecule has 0 saturated carbocycles. The summed E-state index contributed by atoms with van der Waals surface area (Å²) in [6.07, 6.45) is 1.19. The van der Waals surface area contributed by atoms with Crippen LogP contribution in [0.15, 0.2) is 42.6 Å². The quantitative estimate of drug-likeness (QED) is 0.753. The van der Waals surface area contributed by atoms with Crippen molar-refractivity contribution < 1.29 is 29.0 Å². The third kappa shape index (κ3) is 5.00. The molecule has 2 aliphatic heterocycles. The standard InChI is InChI=1S/C23H26N4O6/c1-23(2,3)33-22(31)25-10-11-26-17(13-25)14-27(21(26)30)16-6-9-19(24-12-16)32-18-7-4-15(5-8-18)20(28)29/h4-9,12,17H,10-11,13-14H2,1-3H3,(H,28,29)/t17-/m0/s1. The van der Waals surface area contributed by atoms with E-state index in [-0.39, 0.29) is 23.7 Å². The van der Waals surface area contributed by atoms with Gasteiger partial charge in [-0.1, -0.05) is 0 Å². The van der Waals surface area contributed by atoms with E-state index in [9.17, 15) is 14.4 Å². The van der Waals surface area contributed by atoms with Gasteiger partial charge in [0.25, 0.3) is 0 Å². The number of fused-ring (bicyclic) bond motifs is 1. The summed E-state index contributed by atoms with van der Waals surface area (Å²) in [7, 11) is 0. The van der Waals surface area contributed by atoms with E-state index >= 15 is 0 Å². The number of hydrogen-bond donors (Lipinski definition) is 1. The molecule has 174 valence electrons. The van der Waals surface area contributed by atoms with Crippen LogP contribution in [0.1, 0.15) is 31.1 Å². The molecule has 2 aliphatic rings. The highest BCUT2D eigenvalue weighted by Gasteiger charge is 2.43. The first kappa shape index (κ1) is 22.4. The van der Waals surface area contributed by atoms with E-state index in [0.29, 0.717) is 43.5 Å². The SMILES string of the molecule is CC(C)(C)OC(=O)N1CCN2C(=O)N(c3ccc(Oc4ccc(C(=O)O)cc4)nc3)C[C@@H]2C1. The highest BCUT2D eigenvalue weighted by atomic mass is 16.6. The molecule has 0 bridgehead atoms. The fraction of sp³-hybridized carbons (Fsp3) is 0.391. The number of pyridine rings is 1. The number of nitrogens with zero attached hydrogens (tertiary/aromatic N) is 4. The molecule has 0 unspecified atom stereocenters. The molecule has 0 spiro atoms. The lowest BCUT2D eigenvalue weighted by atomic mass is 10.2. The third-order valence-corrected chi connectivity index (χ3v) is 5.36. The molecule has 2 fully saturated rings. The van der Waals surface area contributed by atoms with Crippen molar-refractivity contribution in [3.05, 3.63) is 48.2 Å². The van der Waals surface area contributed by atoms with Gasteiger partial charge in [-0.05, 0) is 51.1 Å². The van der Waals surface area contributed by atoms with Crippen molar-refractivity contribution >= 4 is 23.8 Å². The number of ether oxygens (including phenoxy) is 2. The van der Waals surface area contributed by atoms with E-state index < -0.39 is 11.6 Å². The first-order valence-corrected chi connectivity index (χ1v) is 10.6. The molecule has 2 saturated heterocycles. The molecule has 3 heterocycles. The summed E-state index contributed by atoms with van der Waals surface area (Å²) in [5.41, 5.74) is 0.228. The van der Waals surface area contributed by atoms with Crippen LogP contribution in [0, 0.1) is 0 Å². The molecule has 3 amide bonds. The molecule has 10 nitrogen and oxygen atoms in total. The van der Waals surface area contributed by atoms with Gasteiger partial charge >= 0.3 is 18.1 Å². The van der Waals surface area contributed by atoms with Gasteiger partial charge in [-0.25, -0.2) is 19.4 Å². The number of aromatic nitrogens is 1. The molecular formula is C23H26N4O6. The van der Waals surface area contributed by atoms with E-state index in [1.807, 2.05) is 20.8 Å². The summed E-state index contributed by atoms with van der Waals surface area (Å²) in [6, 6.07) is 9.16. The maximum Gasteiger partial charge on any atom is 0.410 e. The minimum absolute atomic E-state index is 0.122. The van der Waals surface area contributed by atoms with E-state index in [1.165, 1.54) is 12.1 Å². The summed E-state index contributed by atoms with van der Waals surface area (Å²) in [5.74, 6) is -0.232. The number of carbonyl (C=O) groups excluding carboxylic acids is 2. The molecule has 0 aliphatic carbocycles. The molecule has 0 radical (unpaired) electrons. The predicted octanol–water partition coefficient (Wildman–Crippen LogP) is 3.43. The first-order valence-electron chi connectivity index (χ1n) is 10.6. The van der Waals surface area contributed by atoms with Crippen LogP contribution < -0.4 is 9.64 Å². The zero-order valence-electron chi connectivity index (χ0n) is 18.7. The maximum atomic E-state index is 12.9. The van der Waals surface area contributed by atoms with E-state index in [4.69, 9.17) is 14.6 Å². The van der Waals surface area contributed by atoms with E-state index in [2.05, 4.69) is 4.98 Å². The van der Waals surface area contributed by atoms with Gasteiger partial charge in [0.2, 0.25) is 5.88 Å². The number of piperazine rings is 1. The van der Waals surface area contributed by atoms with Crippen molar-refractivity contribution in [3.8, 4) is 11.6 Å². The molecular weight excluding hydrogens is 428 g/mol. The predicted molar refractivity (Wildman–Crippen MR) is 119 cm³/mol. The molecule has 4 rings (SSSR count). The van der Waals surface area contributed by atoms with Crippen molar-refractivity contribution in [2.45, 2.75) is 32.4 Å². The van der Waals surface area contributed by atoms with Gasteiger partial charge in [0.15, 0.2) is 0 Å². The van der Waals surface area contributed by atoms with Crippen LogP contribution in [-0.4, -0.2) is 75.8 Å². The normalized spacial score (nSPS) is 18.2. The Morgan fingerprint density at radius 1 is 1.06 bits per heavy atom. The zero-order valence-corrected chi connectivity index (χ0v) is 18.7. The monoisotopic (exact) mass is 454 g/mol. The second-order valence-electron chi connectivity index (χ2n) is 8.95. The summed E-state index contributed by atoms with van der Waals surface area (Å²) in [4.78, 5) is 45.6. The number of aromatic carboxylic acids is 1. The average molecular weight is 454 g/mol. The summed E-state index contributed by atoms with van der Waals surface area (Å²) < 4.78 is 11.1. The largest absolute Gasteiger partial charge is 0.478 e. The van der Waals surface area contributed by atoms with Crippen molar-refractivity contribution in [1.82, 2.24) is 14.8 Å². The van der Waals surface area contributed by atoms with Crippen molar-refractivity contribution in [1.29, 1.82) is 0 Å². The number of benzene rings is 1. The first-order chi connectivity index (χ1) is 15.6. The van der Waals surface area contributed by atoms with Crippen LogP contribution in [0.5, 0.6) is 11.6 Å². The number of carboxylic acid groups (broad SMARTS) is 1. The molecule has 1 aromatic carbocycles. The van der Waals surface area contributed by atoms with Crippen LogP contribution in [0.4, 0.5) is 15.3 Å². The Hall–Kier alpha value is -3.82. The van der Waals surface area contributed by atoms with Gasteiger partial charge in [-0.2, -0.15) is 0 Å². The Kier molecular flexibility index (Phi) is 5.84. The number of urea groups is 1. The molecule has 10 heteroatoms. The van der Waals surface area contributed by atoms with Gasteiger partial charge in [0, 0.05) is 32.2 Å². The molecule has 1 atom stereocenters. The van der Waals surface area contributed by atoms with Crippen LogP contribution in [0.2, 0.25) is 0 Å². The fourth-order valence-corrected chi connectivity index (χ4v) is 3.79. The summed E-state index contributed by atoms with van der Waals surface area (Å²) in [6.45, 7) is 7.21. The Labute approximate surface area is 191 Å². The van der Waals surface area contributed by atoms with E-state index in [1.54, 1.807) is 45.2 Å². The second-order valence-corrected chi connectivity index (χ2v) is 8.95. The lowest BCUT2D eigenvalue weighted by Crippen LogP contribution is -2.54. The molecule has 1 aromatic heterocycles. The summed E-state index contributed by atoms with van der Waals surface area (Å²) in [5, 5.41) is 8.97. The topological polar surface area (TPSA) is 113 Å². The van der Waals surface area contributed by atoms with Crippen LogP contribution in [0.3, 0.4) is 0 Å². The number of anilines is 1. The van der Waals surface area contributed by atoms with Crippen molar-refractivity contribution in [3.63, 3.8) is 0 Å². The molecule has 33 heavy (non-hydrogen) atoms. The number of carboxylic acids is 1. The smallest absolute Gasteiger partial charge is 0.410 e.